The Morgan fingerprint density at radius 2 is 1.51 bits per heavy atom. The van der Waals surface area contributed by atoms with Gasteiger partial charge in [0.15, 0.2) is 17.0 Å². The third-order valence-electron chi connectivity index (χ3n) is 7.40. The molecule has 5 aromatic rings. The third kappa shape index (κ3) is 6.17. The summed E-state index contributed by atoms with van der Waals surface area (Å²) in [6, 6.07) is 25.0. The highest BCUT2D eigenvalue weighted by molar-refractivity contribution is 7.89. The van der Waals surface area contributed by atoms with E-state index in [4.69, 9.17) is 9.97 Å². The van der Waals surface area contributed by atoms with Crippen molar-refractivity contribution in [3.63, 3.8) is 0 Å². The standard InChI is InChI=1S/C30H30N8O4S/c39-38(40)25-13-11-24(12-14-25)21-36-22-32-27-28(31-16-15-23-7-3-1-4-8-23)33-30(34-29(27)36)35-17-19-37(20-18-35)43(41,42)26-9-5-2-6-10-26/h1-14,22H,15-21H2,(H,31,33,34). The molecule has 0 radical (unpaired) electrons. The highest BCUT2D eigenvalue weighted by atomic mass is 32.2. The molecule has 43 heavy (non-hydrogen) atoms. The van der Waals surface area contributed by atoms with Crippen LogP contribution in [-0.2, 0) is 23.0 Å². The summed E-state index contributed by atoms with van der Waals surface area (Å²) in [6.07, 6.45) is 2.48. The van der Waals surface area contributed by atoms with Crippen LogP contribution in [0, 0.1) is 10.1 Å². The van der Waals surface area contributed by atoms with Gasteiger partial charge in [0.1, 0.15) is 0 Å². The minimum absolute atomic E-state index is 0.0298. The monoisotopic (exact) mass is 598 g/mol. The Kier molecular flexibility index (Phi) is 7.99. The number of imidazole rings is 1. The lowest BCUT2D eigenvalue weighted by Gasteiger charge is -2.34. The van der Waals surface area contributed by atoms with Crippen LogP contribution in [0.5, 0.6) is 0 Å². The van der Waals surface area contributed by atoms with Crippen LogP contribution in [0.25, 0.3) is 11.2 Å². The molecule has 3 aromatic carbocycles. The molecule has 0 aliphatic carbocycles. The molecule has 3 heterocycles. The lowest BCUT2D eigenvalue weighted by atomic mass is 10.1. The zero-order valence-electron chi connectivity index (χ0n) is 23.3. The highest BCUT2D eigenvalue weighted by Crippen LogP contribution is 2.26. The molecular formula is C30H30N8O4S. The number of hydrogen-bond donors (Lipinski definition) is 1. The molecule has 0 unspecified atom stereocenters. The van der Waals surface area contributed by atoms with Crippen LogP contribution in [0.1, 0.15) is 11.1 Å². The molecular weight excluding hydrogens is 568 g/mol. The van der Waals surface area contributed by atoms with Crippen molar-refractivity contribution in [2.75, 3.05) is 42.9 Å². The summed E-state index contributed by atoms with van der Waals surface area (Å²) in [4.78, 5) is 27.2. The number of nitro groups is 1. The molecule has 13 heteroatoms. The molecule has 1 N–H and O–H groups in total. The van der Waals surface area contributed by atoms with Gasteiger partial charge in [-0.3, -0.25) is 10.1 Å². The summed E-state index contributed by atoms with van der Waals surface area (Å²) >= 11 is 0. The molecule has 1 aliphatic heterocycles. The van der Waals surface area contributed by atoms with E-state index in [-0.39, 0.29) is 10.6 Å². The van der Waals surface area contributed by atoms with Crippen LogP contribution in [0.15, 0.2) is 96.2 Å². The van der Waals surface area contributed by atoms with E-state index in [0.29, 0.717) is 62.2 Å². The number of nitrogens with zero attached hydrogens (tertiary/aromatic N) is 7. The Morgan fingerprint density at radius 3 is 2.19 bits per heavy atom. The minimum atomic E-state index is -3.59. The first kappa shape index (κ1) is 28.2. The van der Waals surface area contributed by atoms with Gasteiger partial charge in [0.05, 0.1) is 22.7 Å². The van der Waals surface area contributed by atoms with E-state index >= 15 is 0 Å². The van der Waals surface area contributed by atoms with Crippen molar-refractivity contribution >= 4 is 38.6 Å². The predicted octanol–water partition coefficient (Wildman–Crippen LogP) is 3.95. The quantitative estimate of drug-likeness (QED) is 0.187. The summed E-state index contributed by atoms with van der Waals surface area (Å²) in [7, 11) is -3.59. The van der Waals surface area contributed by atoms with E-state index in [0.717, 1.165) is 12.0 Å². The number of anilines is 2. The smallest absolute Gasteiger partial charge is 0.269 e. The van der Waals surface area contributed by atoms with Gasteiger partial charge < -0.3 is 14.8 Å². The van der Waals surface area contributed by atoms with Crippen molar-refractivity contribution < 1.29 is 13.3 Å². The third-order valence-corrected chi connectivity index (χ3v) is 9.32. The Hall–Kier alpha value is -4.88. The second-order valence-corrected chi connectivity index (χ2v) is 12.1. The number of fused-ring (bicyclic) bond motifs is 1. The maximum atomic E-state index is 13.2. The van der Waals surface area contributed by atoms with Crippen LogP contribution in [0.4, 0.5) is 17.5 Å². The van der Waals surface area contributed by atoms with Gasteiger partial charge in [0, 0.05) is 44.9 Å². The summed E-state index contributed by atoms with van der Waals surface area (Å²) in [5.74, 6) is 1.08. The summed E-state index contributed by atoms with van der Waals surface area (Å²) in [6.45, 7) is 2.51. The molecule has 0 saturated carbocycles. The molecule has 6 rings (SSSR count). The summed E-state index contributed by atoms with van der Waals surface area (Å²) in [5, 5.41) is 14.5. The van der Waals surface area contributed by atoms with Crippen molar-refractivity contribution in [3.05, 3.63) is 112 Å². The number of piperazine rings is 1. The first-order valence-corrected chi connectivity index (χ1v) is 15.4. The second-order valence-electron chi connectivity index (χ2n) is 10.2. The highest BCUT2D eigenvalue weighted by Gasteiger charge is 2.30. The maximum Gasteiger partial charge on any atom is 0.269 e. The fraction of sp³-hybridized carbons (Fsp3) is 0.233. The molecule has 0 bridgehead atoms. The van der Waals surface area contributed by atoms with E-state index < -0.39 is 14.9 Å². The molecule has 1 saturated heterocycles. The minimum Gasteiger partial charge on any atom is -0.368 e. The number of rotatable bonds is 10. The predicted molar refractivity (Wildman–Crippen MR) is 164 cm³/mol. The van der Waals surface area contributed by atoms with Gasteiger partial charge in [-0.2, -0.15) is 14.3 Å². The van der Waals surface area contributed by atoms with Crippen LogP contribution in [0.2, 0.25) is 0 Å². The molecule has 220 valence electrons. The number of benzene rings is 3. The molecule has 2 aromatic heterocycles. The Morgan fingerprint density at radius 1 is 0.837 bits per heavy atom. The average molecular weight is 599 g/mol. The van der Waals surface area contributed by atoms with Gasteiger partial charge in [0.25, 0.3) is 5.69 Å². The SMILES string of the molecule is O=[N+]([O-])c1ccc(Cn2cnc3c(NCCc4ccccc4)nc(N4CCN(S(=O)(=O)c5ccccc5)CC4)nc32)cc1. The molecule has 0 spiro atoms. The Bertz CT molecular complexity index is 1820. The zero-order valence-corrected chi connectivity index (χ0v) is 24.1. The maximum absolute atomic E-state index is 13.2. The molecule has 1 aliphatic rings. The first-order valence-electron chi connectivity index (χ1n) is 13.9. The van der Waals surface area contributed by atoms with Crippen molar-refractivity contribution in [1.29, 1.82) is 0 Å². The number of aromatic nitrogens is 4. The first-order chi connectivity index (χ1) is 20.9. The van der Waals surface area contributed by atoms with E-state index in [1.165, 1.54) is 22.0 Å². The topological polar surface area (TPSA) is 139 Å². The Labute approximate surface area is 248 Å². The number of non-ortho nitro benzene ring substituents is 1. The van der Waals surface area contributed by atoms with Gasteiger partial charge >= 0.3 is 0 Å². The molecule has 12 nitrogen and oxygen atoms in total. The van der Waals surface area contributed by atoms with Crippen molar-refractivity contribution in [2.45, 2.75) is 17.9 Å². The van der Waals surface area contributed by atoms with Crippen molar-refractivity contribution in [3.8, 4) is 0 Å². The lowest BCUT2D eigenvalue weighted by molar-refractivity contribution is -0.384. The average Bonchev–Trinajstić information content (AvgIpc) is 3.45. The van der Waals surface area contributed by atoms with E-state index in [2.05, 4.69) is 22.4 Å². The van der Waals surface area contributed by atoms with Crippen LogP contribution in [-0.4, -0.2) is 69.9 Å². The fourth-order valence-electron chi connectivity index (χ4n) is 5.07. The summed E-state index contributed by atoms with van der Waals surface area (Å²) in [5.41, 5.74) is 3.32. The van der Waals surface area contributed by atoms with Gasteiger partial charge in [0.2, 0.25) is 16.0 Å². The van der Waals surface area contributed by atoms with E-state index in [1.807, 2.05) is 27.7 Å². The van der Waals surface area contributed by atoms with Crippen LogP contribution >= 0.6 is 0 Å². The summed E-state index contributed by atoms with van der Waals surface area (Å²) < 4.78 is 29.7. The van der Waals surface area contributed by atoms with Crippen molar-refractivity contribution in [2.24, 2.45) is 0 Å². The van der Waals surface area contributed by atoms with Gasteiger partial charge in [-0.25, -0.2) is 13.4 Å². The number of nitro benzene ring substituents is 1. The van der Waals surface area contributed by atoms with Gasteiger partial charge in [-0.1, -0.05) is 60.7 Å². The van der Waals surface area contributed by atoms with Gasteiger partial charge in [-0.15, -0.1) is 0 Å². The second kappa shape index (κ2) is 12.2. The molecule has 0 amide bonds. The van der Waals surface area contributed by atoms with E-state index in [1.54, 1.807) is 48.8 Å². The van der Waals surface area contributed by atoms with Crippen molar-refractivity contribution in [1.82, 2.24) is 23.8 Å². The Balaban J connectivity index is 1.26. The molecule has 1 fully saturated rings. The fourth-order valence-corrected chi connectivity index (χ4v) is 6.52. The van der Waals surface area contributed by atoms with E-state index in [9.17, 15) is 18.5 Å². The molecule has 0 atom stereocenters. The largest absolute Gasteiger partial charge is 0.368 e. The zero-order chi connectivity index (χ0) is 29.8. The van der Waals surface area contributed by atoms with Gasteiger partial charge in [-0.05, 0) is 29.7 Å². The van der Waals surface area contributed by atoms with Crippen LogP contribution in [0.3, 0.4) is 0 Å². The van der Waals surface area contributed by atoms with Crippen LogP contribution < -0.4 is 10.2 Å². The lowest BCUT2D eigenvalue weighted by Crippen LogP contribution is -2.49. The number of sulfonamides is 1. The number of nitrogens with one attached hydrogen (secondary N) is 1. The normalized spacial score (nSPS) is 14.2. The number of hydrogen-bond acceptors (Lipinski definition) is 9.